The lowest BCUT2D eigenvalue weighted by molar-refractivity contribution is 1.57. The second kappa shape index (κ2) is 7.20. The van der Waals surface area contributed by atoms with Gasteiger partial charge >= 0.3 is 0 Å². The second-order valence-corrected chi connectivity index (χ2v) is 8.58. The lowest BCUT2D eigenvalue weighted by atomic mass is 9.88. The maximum Gasteiger partial charge on any atom is 0.0254 e. The predicted octanol–water partition coefficient (Wildman–Crippen LogP) is 8.85. The van der Waals surface area contributed by atoms with E-state index in [-0.39, 0.29) is 0 Å². The van der Waals surface area contributed by atoms with Crippen LogP contribution < -0.4 is 0 Å². The fourth-order valence-electron chi connectivity index (χ4n) is 3.87. The number of rotatable bonds is 2. The summed E-state index contributed by atoms with van der Waals surface area (Å²) in [7, 11) is 0. The fraction of sp³-hybridized carbons (Fsp3) is 0. The van der Waals surface area contributed by atoms with E-state index in [0.29, 0.717) is 0 Å². The van der Waals surface area contributed by atoms with Crippen LogP contribution in [0.4, 0.5) is 0 Å². The van der Waals surface area contributed by atoms with Gasteiger partial charge in [-0.2, -0.15) is 0 Å². The molecule has 0 radical (unpaired) electrons. The van der Waals surface area contributed by atoms with Crippen LogP contribution in [0, 0.1) is 0 Å². The molecule has 0 N–H and O–H groups in total. The van der Waals surface area contributed by atoms with Crippen LogP contribution in [0.1, 0.15) is 0 Å². The Balaban J connectivity index is 1.95. The van der Waals surface area contributed by atoms with Gasteiger partial charge in [-0.25, -0.2) is 0 Å². The summed E-state index contributed by atoms with van der Waals surface area (Å²) in [6, 6.07) is 34.5. The van der Waals surface area contributed by atoms with Crippen LogP contribution in [0.3, 0.4) is 0 Å². The van der Waals surface area contributed by atoms with Crippen LogP contribution in [0.25, 0.3) is 43.8 Å². The molecule has 0 fully saturated rings. The first-order chi connectivity index (χ1) is 13.7. The van der Waals surface area contributed by atoms with E-state index in [9.17, 15) is 0 Å². The van der Waals surface area contributed by atoms with Crippen molar-refractivity contribution in [1.82, 2.24) is 0 Å². The van der Waals surface area contributed by atoms with Crippen molar-refractivity contribution in [1.29, 1.82) is 0 Å². The Morgan fingerprint density at radius 3 is 1.68 bits per heavy atom. The molecule has 134 valence electrons. The minimum atomic E-state index is 1.10. The van der Waals surface area contributed by atoms with E-state index >= 15 is 0 Å². The molecule has 5 aromatic carbocycles. The third-order valence-corrected chi connectivity index (χ3v) is 6.58. The molecule has 0 aliphatic heterocycles. The average molecular weight is 488 g/mol. The molecule has 0 heterocycles. The average Bonchev–Trinajstić information content (AvgIpc) is 2.72. The summed E-state index contributed by atoms with van der Waals surface area (Å²) in [6.45, 7) is 0. The van der Waals surface area contributed by atoms with Crippen molar-refractivity contribution in [3.8, 4) is 22.3 Å². The van der Waals surface area contributed by atoms with E-state index in [1.165, 1.54) is 43.8 Å². The Labute approximate surface area is 181 Å². The third-order valence-electron chi connectivity index (χ3n) is 5.19. The van der Waals surface area contributed by atoms with Gasteiger partial charge in [0.2, 0.25) is 0 Å². The van der Waals surface area contributed by atoms with E-state index in [0.717, 1.165) is 8.95 Å². The molecule has 0 aromatic heterocycles. The predicted molar refractivity (Wildman–Crippen MR) is 128 cm³/mol. The van der Waals surface area contributed by atoms with Gasteiger partial charge in [-0.05, 0) is 68.1 Å². The molecule has 2 heteroatoms. The smallest absolute Gasteiger partial charge is 0.0254 e. The summed E-state index contributed by atoms with van der Waals surface area (Å²) in [4.78, 5) is 0. The highest BCUT2D eigenvalue weighted by molar-refractivity contribution is 9.11. The van der Waals surface area contributed by atoms with E-state index in [2.05, 4.69) is 129 Å². The largest absolute Gasteiger partial charge is 0.0616 e. The number of halogens is 2. The molecule has 0 bridgehead atoms. The zero-order chi connectivity index (χ0) is 19.1. The summed E-state index contributed by atoms with van der Waals surface area (Å²) in [5.41, 5.74) is 4.88. The number of benzene rings is 5. The van der Waals surface area contributed by atoms with Crippen LogP contribution in [0.5, 0.6) is 0 Å². The van der Waals surface area contributed by atoms with Crippen molar-refractivity contribution in [2.45, 2.75) is 0 Å². The van der Waals surface area contributed by atoms with E-state index < -0.39 is 0 Å². The summed E-state index contributed by atoms with van der Waals surface area (Å²) in [5.74, 6) is 0. The summed E-state index contributed by atoms with van der Waals surface area (Å²) in [6.07, 6.45) is 0. The van der Waals surface area contributed by atoms with Crippen molar-refractivity contribution in [2.75, 3.05) is 0 Å². The molecule has 5 rings (SSSR count). The molecule has 5 aromatic rings. The second-order valence-electron chi connectivity index (χ2n) is 6.87. The molecule has 0 saturated carbocycles. The fourth-order valence-corrected chi connectivity index (χ4v) is 4.85. The van der Waals surface area contributed by atoms with Crippen LogP contribution in [0.2, 0.25) is 0 Å². The minimum Gasteiger partial charge on any atom is -0.0616 e. The van der Waals surface area contributed by atoms with Gasteiger partial charge in [0.05, 0.1) is 0 Å². The van der Waals surface area contributed by atoms with Gasteiger partial charge in [0.15, 0.2) is 0 Å². The highest BCUT2D eigenvalue weighted by Gasteiger charge is 2.16. The lowest BCUT2D eigenvalue weighted by Gasteiger charge is -2.17. The van der Waals surface area contributed by atoms with E-state index in [4.69, 9.17) is 0 Å². The van der Waals surface area contributed by atoms with Crippen LogP contribution in [0.15, 0.2) is 106 Å². The van der Waals surface area contributed by atoms with Gasteiger partial charge in [0, 0.05) is 8.95 Å². The van der Waals surface area contributed by atoms with Gasteiger partial charge in [0.25, 0.3) is 0 Å². The maximum absolute atomic E-state index is 3.78. The molecule has 0 unspecified atom stereocenters. The van der Waals surface area contributed by atoms with Gasteiger partial charge in [0.1, 0.15) is 0 Å². The van der Waals surface area contributed by atoms with Crippen LogP contribution >= 0.6 is 31.9 Å². The lowest BCUT2D eigenvalue weighted by Crippen LogP contribution is -1.90. The minimum absolute atomic E-state index is 1.10. The first-order valence-corrected chi connectivity index (χ1v) is 10.8. The quantitative estimate of drug-likeness (QED) is 0.218. The Kier molecular flexibility index (Phi) is 4.54. The molecule has 0 aliphatic rings. The van der Waals surface area contributed by atoms with Gasteiger partial charge in [-0.3, -0.25) is 0 Å². The zero-order valence-corrected chi connectivity index (χ0v) is 18.2. The molecule has 0 nitrogen and oxygen atoms in total. The Morgan fingerprint density at radius 1 is 0.429 bits per heavy atom. The van der Waals surface area contributed by atoms with Gasteiger partial charge in [-0.1, -0.05) is 105 Å². The summed E-state index contributed by atoms with van der Waals surface area (Å²) >= 11 is 7.53. The summed E-state index contributed by atoms with van der Waals surface area (Å²) < 4.78 is 2.20. The number of fused-ring (bicyclic) bond motifs is 2. The van der Waals surface area contributed by atoms with E-state index in [1.54, 1.807) is 0 Å². The molecular weight excluding hydrogens is 472 g/mol. The molecule has 28 heavy (non-hydrogen) atoms. The number of hydrogen-bond donors (Lipinski definition) is 0. The Morgan fingerprint density at radius 2 is 1.00 bits per heavy atom. The van der Waals surface area contributed by atoms with Gasteiger partial charge in [-0.15, -0.1) is 0 Å². The van der Waals surface area contributed by atoms with Crippen molar-refractivity contribution in [3.63, 3.8) is 0 Å². The first-order valence-electron chi connectivity index (χ1n) is 9.18. The molecule has 0 aliphatic carbocycles. The van der Waals surface area contributed by atoms with Crippen LogP contribution in [-0.4, -0.2) is 0 Å². The molecular formula is C26H16Br2. The number of hydrogen-bond acceptors (Lipinski definition) is 0. The Hall–Kier alpha value is -2.42. The molecule has 0 spiro atoms. The highest BCUT2D eigenvalue weighted by atomic mass is 79.9. The topological polar surface area (TPSA) is 0 Å². The maximum atomic E-state index is 3.78. The van der Waals surface area contributed by atoms with E-state index in [1.807, 2.05) is 0 Å². The van der Waals surface area contributed by atoms with Crippen molar-refractivity contribution in [2.24, 2.45) is 0 Å². The van der Waals surface area contributed by atoms with Crippen molar-refractivity contribution in [3.05, 3.63) is 106 Å². The summed E-state index contributed by atoms with van der Waals surface area (Å²) in [5, 5.41) is 5.04. The standard InChI is InChI=1S/C26H16Br2/c27-24-11-5-3-9-20(24)21-14-13-19-15-17-7-1-2-8-18(17)16-23(19)26(21)22-10-4-6-12-25(22)28/h1-16H. The van der Waals surface area contributed by atoms with Crippen molar-refractivity contribution < 1.29 is 0 Å². The SMILES string of the molecule is Brc1ccccc1-c1ccc2cc3ccccc3cc2c1-c1ccccc1Br. The zero-order valence-electron chi connectivity index (χ0n) is 15.0. The monoisotopic (exact) mass is 486 g/mol. The molecule has 0 amide bonds. The highest BCUT2D eigenvalue weighted by Crippen LogP contribution is 2.43. The van der Waals surface area contributed by atoms with Crippen LogP contribution in [-0.2, 0) is 0 Å². The Bertz CT molecular complexity index is 1340. The molecule has 0 atom stereocenters. The normalized spacial score (nSPS) is 11.2. The third kappa shape index (κ3) is 2.97. The van der Waals surface area contributed by atoms with Crippen molar-refractivity contribution >= 4 is 53.4 Å². The molecule has 0 saturated heterocycles. The van der Waals surface area contributed by atoms with Gasteiger partial charge < -0.3 is 0 Å². The first kappa shape index (κ1) is 17.7.